The highest BCUT2D eigenvalue weighted by molar-refractivity contribution is 9.10. The van der Waals surface area contributed by atoms with Gasteiger partial charge >= 0.3 is 0 Å². The molecule has 21 heavy (non-hydrogen) atoms. The van der Waals surface area contributed by atoms with Gasteiger partial charge in [0.1, 0.15) is 11.6 Å². The molecular weight excluding hydrogens is 359 g/mol. The molecule has 2 rings (SSSR count). The molecule has 112 valence electrons. The molecule has 1 unspecified atom stereocenters. The van der Waals surface area contributed by atoms with Gasteiger partial charge in [0.25, 0.3) is 0 Å². The smallest absolute Gasteiger partial charge is 0.142 e. The molecule has 0 spiro atoms. The van der Waals surface area contributed by atoms with E-state index >= 15 is 0 Å². The van der Waals surface area contributed by atoms with Crippen LogP contribution in [0.1, 0.15) is 17.2 Å². The molecule has 0 aromatic heterocycles. The van der Waals surface area contributed by atoms with Crippen molar-refractivity contribution in [3.8, 4) is 5.75 Å². The third kappa shape index (κ3) is 3.95. The monoisotopic (exact) mass is 372 g/mol. The Bertz CT molecular complexity index is 639. The lowest BCUT2D eigenvalue weighted by Gasteiger charge is -2.18. The molecule has 3 N–H and O–H groups in total. The number of hydrazine groups is 1. The minimum atomic E-state index is -0.430. The van der Waals surface area contributed by atoms with Crippen molar-refractivity contribution in [3.63, 3.8) is 0 Å². The molecule has 0 aliphatic carbocycles. The summed E-state index contributed by atoms with van der Waals surface area (Å²) in [6.07, 6.45) is 0.545. The molecule has 3 nitrogen and oxygen atoms in total. The van der Waals surface area contributed by atoms with Gasteiger partial charge in [-0.2, -0.15) is 0 Å². The predicted octanol–water partition coefficient (Wildman–Crippen LogP) is 4.00. The van der Waals surface area contributed by atoms with Gasteiger partial charge in [-0.3, -0.25) is 11.3 Å². The topological polar surface area (TPSA) is 47.3 Å². The summed E-state index contributed by atoms with van der Waals surface area (Å²) in [7, 11) is 1.61. The summed E-state index contributed by atoms with van der Waals surface area (Å²) >= 11 is 9.13. The minimum Gasteiger partial charge on any atom is -0.496 e. The van der Waals surface area contributed by atoms with Crippen LogP contribution >= 0.6 is 27.5 Å². The summed E-state index contributed by atoms with van der Waals surface area (Å²) < 4.78 is 19.5. The second-order valence-electron chi connectivity index (χ2n) is 4.57. The van der Waals surface area contributed by atoms with E-state index < -0.39 is 5.82 Å². The van der Waals surface area contributed by atoms with E-state index in [1.54, 1.807) is 19.2 Å². The zero-order chi connectivity index (χ0) is 15.4. The number of hydrogen-bond acceptors (Lipinski definition) is 3. The van der Waals surface area contributed by atoms with Crippen LogP contribution in [0.5, 0.6) is 5.75 Å². The maximum Gasteiger partial charge on any atom is 0.142 e. The van der Waals surface area contributed by atoms with Crippen LogP contribution in [0.2, 0.25) is 5.02 Å². The summed E-state index contributed by atoms with van der Waals surface area (Å²) in [4.78, 5) is 0. The van der Waals surface area contributed by atoms with Crippen molar-refractivity contribution in [2.24, 2.45) is 5.84 Å². The first kappa shape index (κ1) is 16.2. The Hall–Kier alpha value is -1.14. The molecule has 1 atom stereocenters. The van der Waals surface area contributed by atoms with E-state index in [0.29, 0.717) is 6.42 Å². The van der Waals surface area contributed by atoms with E-state index in [0.717, 1.165) is 21.3 Å². The number of halogens is 3. The number of ether oxygens (including phenoxy) is 1. The van der Waals surface area contributed by atoms with E-state index in [4.69, 9.17) is 22.2 Å². The maximum absolute atomic E-state index is 13.5. The van der Waals surface area contributed by atoms with Crippen molar-refractivity contribution in [1.29, 1.82) is 0 Å². The van der Waals surface area contributed by atoms with Gasteiger partial charge in [-0.1, -0.05) is 23.7 Å². The Morgan fingerprint density at radius 2 is 2.10 bits per heavy atom. The third-order valence-corrected chi connectivity index (χ3v) is 4.13. The van der Waals surface area contributed by atoms with Gasteiger partial charge in [-0.05, 0) is 57.7 Å². The Labute approximate surface area is 136 Å². The quantitative estimate of drug-likeness (QED) is 0.615. The molecule has 0 bridgehead atoms. The van der Waals surface area contributed by atoms with Crippen LogP contribution in [0.15, 0.2) is 40.9 Å². The third-order valence-electron chi connectivity index (χ3n) is 3.20. The fourth-order valence-corrected chi connectivity index (χ4v) is 2.75. The lowest BCUT2D eigenvalue weighted by molar-refractivity contribution is 0.411. The molecule has 6 heteroatoms. The molecule has 2 aromatic rings. The first-order valence-electron chi connectivity index (χ1n) is 6.28. The zero-order valence-electron chi connectivity index (χ0n) is 11.4. The number of nitrogens with two attached hydrogens (primary N) is 1. The first-order valence-corrected chi connectivity index (χ1v) is 7.45. The Morgan fingerprint density at radius 1 is 1.33 bits per heavy atom. The Balaban J connectivity index is 2.23. The largest absolute Gasteiger partial charge is 0.496 e. The van der Waals surface area contributed by atoms with Crippen LogP contribution in [0.4, 0.5) is 4.39 Å². The highest BCUT2D eigenvalue weighted by Crippen LogP contribution is 2.29. The Kier molecular flexibility index (Phi) is 5.58. The van der Waals surface area contributed by atoms with Gasteiger partial charge in [0, 0.05) is 0 Å². The van der Waals surface area contributed by atoms with Crippen molar-refractivity contribution < 1.29 is 9.13 Å². The SMILES string of the molecule is COc1ccc(C(Cc2ccc(Cl)c(F)c2)NN)cc1Br. The van der Waals surface area contributed by atoms with Crippen LogP contribution in [0.25, 0.3) is 0 Å². The van der Waals surface area contributed by atoms with Crippen molar-refractivity contribution in [2.75, 3.05) is 7.11 Å². The molecule has 0 heterocycles. The standard InChI is InChI=1S/C15H15BrClFN2O/c1-21-15-5-3-10(8-11(15)16)14(20-19)7-9-2-4-12(17)13(18)6-9/h2-6,8,14,20H,7,19H2,1H3. The van der Waals surface area contributed by atoms with Crippen LogP contribution < -0.4 is 16.0 Å². The molecule has 0 saturated carbocycles. The van der Waals surface area contributed by atoms with E-state index in [9.17, 15) is 4.39 Å². The molecule has 0 fully saturated rings. The summed E-state index contributed by atoms with van der Waals surface area (Å²) in [6, 6.07) is 10.3. The Morgan fingerprint density at radius 3 is 2.67 bits per heavy atom. The molecular formula is C15H15BrClFN2O. The number of rotatable bonds is 5. The van der Waals surface area contributed by atoms with Gasteiger partial charge in [0.15, 0.2) is 0 Å². The van der Waals surface area contributed by atoms with Crippen LogP contribution in [0, 0.1) is 5.82 Å². The maximum atomic E-state index is 13.5. The second-order valence-corrected chi connectivity index (χ2v) is 5.83. The summed E-state index contributed by atoms with van der Waals surface area (Å²) in [6.45, 7) is 0. The van der Waals surface area contributed by atoms with Crippen molar-refractivity contribution in [2.45, 2.75) is 12.5 Å². The summed E-state index contributed by atoms with van der Waals surface area (Å²) in [5.74, 6) is 5.94. The normalized spacial score (nSPS) is 12.2. The van der Waals surface area contributed by atoms with Gasteiger partial charge in [-0.15, -0.1) is 0 Å². The van der Waals surface area contributed by atoms with Crippen molar-refractivity contribution in [3.05, 3.63) is 62.8 Å². The molecule has 0 radical (unpaired) electrons. The van der Waals surface area contributed by atoms with Crippen molar-refractivity contribution in [1.82, 2.24) is 5.43 Å². The molecule has 0 aliphatic heterocycles. The fourth-order valence-electron chi connectivity index (χ4n) is 2.07. The van der Waals surface area contributed by atoms with Gasteiger partial charge < -0.3 is 4.74 Å². The molecule has 0 aliphatic rings. The number of benzene rings is 2. The zero-order valence-corrected chi connectivity index (χ0v) is 13.7. The molecule has 0 amide bonds. The van der Waals surface area contributed by atoms with Gasteiger partial charge in [0.05, 0.1) is 22.6 Å². The fraction of sp³-hybridized carbons (Fsp3) is 0.200. The average Bonchev–Trinajstić information content (AvgIpc) is 2.48. The highest BCUT2D eigenvalue weighted by Gasteiger charge is 2.13. The van der Waals surface area contributed by atoms with Crippen LogP contribution in [-0.4, -0.2) is 7.11 Å². The van der Waals surface area contributed by atoms with Crippen LogP contribution in [0.3, 0.4) is 0 Å². The van der Waals surface area contributed by atoms with Gasteiger partial charge in [-0.25, -0.2) is 4.39 Å². The average molecular weight is 374 g/mol. The predicted molar refractivity (Wildman–Crippen MR) is 85.9 cm³/mol. The van der Waals surface area contributed by atoms with E-state index in [2.05, 4.69) is 21.4 Å². The van der Waals surface area contributed by atoms with Crippen molar-refractivity contribution >= 4 is 27.5 Å². The number of methoxy groups -OCH3 is 1. The van der Waals surface area contributed by atoms with Gasteiger partial charge in [0.2, 0.25) is 0 Å². The highest BCUT2D eigenvalue weighted by atomic mass is 79.9. The van der Waals surface area contributed by atoms with Crippen LogP contribution in [-0.2, 0) is 6.42 Å². The first-order chi connectivity index (χ1) is 10.0. The summed E-state index contributed by atoms with van der Waals surface area (Å²) in [5.41, 5.74) is 4.53. The minimum absolute atomic E-state index is 0.114. The second kappa shape index (κ2) is 7.22. The molecule has 2 aromatic carbocycles. The lowest BCUT2D eigenvalue weighted by Crippen LogP contribution is -2.29. The summed E-state index contributed by atoms with van der Waals surface area (Å²) in [5, 5.41) is 0.114. The van der Waals surface area contributed by atoms with E-state index in [-0.39, 0.29) is 11.1 Å². The number of hydrogen-bond donors (Lipinski definition) is 2. The molecule has 0 saturated heterocycles. The lowest BCUT2D eigenvalue weighted by atomic mass is 9.99. The number of nitrogens with one attached hydrogen (secondary N) is 1. The van der Waals surface area contributed by atoms with E-state index in [1.165, 1.54) is 6.07 Å². The van der Waals surface area contributed by atoms with E-state index in [1.807, 2.05) is 18.2 Å².